The Morgan fingerprint density at radius 2 is 2.37 bits per heavy atom. The van der Waals surface area contributed by atoms with Crippen molar-refractivity contribution in [2.24, 2.45) is 10.8 Å². The van der Waals surface area contributed by atoms with Gasteiger partial charge in [0.25, 0.3) is 0 Å². The van der Waals surface area contributed by atoms with Crippen LogP contribution in [0.4, 0.5) is 4.39 Å². The summed E-state index contributed by atoms with van der Waals surface area (Å²) in [6, 6.07) is 2.56. The molecule has 1 aromatic carbocycles. The van der Waals surface area contributed by atoms with Crippen LogP contribution in [0.25, 0.3) is 10.4 Å². The molecule has 19 heavy (non-hydrogen) atoms. The van der Waals surface area contributed by atoms with Gasteiger partial charge in [-0.2, -0.15) is 0 Å². The van der Waals surface area contributed by atoms with E-state index in [4.69, 9.17) is 16.0 Å². The fourth-order valence-corrected chi connectivity index (χ4v) is 2.42. The first-order valence-corrected chi connectivity index (χ1v) is 6.29. The molecule has 0 aliphatic carbocycles. The molecule has 0 fully saturated rings. The zero-order chi connectivity index (χ0) is 14.0. The molecule has 6 heteroatoms. The summed E-state index contributed by atoms with van der Waals surface area (Å²) >= 11 is 0. The maximum Gasteiger partial charge on any atom is 0.128 e. The van der Waals surface area contributed by atoms with Crippen molar-refractivity contribution in [3.05, 3.63) is 39.5 Å². The summed E-state index contributed by atoms with van der Waals surface area (Å²) in [6.07, 6.45) is 1.22. The molecule has 1 unspecified atom stereocenters. The van der Waals surface area contributed by atoms with Crippen LogP contribution in [-0.4, -0.2) is 12.1 Å². The summed E-state index contributed by atoms with van der Waals surface area (Å²) in [5, 5.41) is 3.61. The normalized spacial score (nSPS) is 22.3. The summed E-state index contributed by atoms with van der Waals surface area (Å²) in [7, 11) is 0. The molecule has 5 nitrogen and oxygen atoms in total. The number of hydrogen-bond donors (Lipinski definition) is 1. The van der Waals surface area contributed by atoms with Crippen molar-refractivity contribution in [2.45, 2.75) is 38.3 Å². The third-order valence-corrected chi connectivity index (χ3v) is 3.55. The minimum atomic E-state index is -0.577. The van der Waals surface area contributed by atoms with E-state index < -0.39 is 5.60 Å². The van der Waals surface area contributed by atoms with Crippen molar-refractivity contribution in [1.29, 1.82) is 0 Å². The van der Waals surface area contributed by atoms with Gasteiger partial charge in [-0.3, -0.25) is 0 Å². The lowest BCUT2D eigenvalue weighted by Gasteiger charge is -2.26. The zero-order valence-electron chi connectivity index (χ0n) is 11.1. The van der Waals surface area contributed by atoms with Gasteiger partial charge >= 0.3 is 0 Å². The van der Waals surface area contributed by atoms with E-state index in [1.54, 1.807) is 6.92 Å². The average Bonchev–Trinajstić information content (AvgIpc) is 2.74. The lowest BCUT2D eigenvalue weighted by atomic mass is 9.93. The lowest BCUT2D eigenvalue weighted by Crippen LogP contribution is -2.37. The Balaban J connectivity index is 2.42. The van der Waals surface area contributed by atoms with Crippen LogP contribution in [-0.2, 0) is 6.42 Å². The van der Waals surface area contributed by atoms with Gasteiger partial charge in [-0.05, 0) is 31.0 Å². The van der Waals surface area contributed by atoms with Crippen molar-refractivity contribution in [1.82, 2.24) is 0 Å². The molecule has 0 bridgehead atoms. The molecular weight excluding hydrogens is 247 g/mol. The molecule has 2 rings (SSSR count). The number of rotatable bonds is 4. The highest BCUT2D eigenvalue weighted by atomic mass is 19.1. The number of benzene rings is 1. The van der Waals surface area contributed by atoms with E-state index in [1.165, 1.54) is 12.1 Å². The van der Waals surface area contributed by atoms with Gasteiger partial charge in [-0.25, -0.2) is 4.39 Å². The summed E-state index contributed by atoms with van der Waals surface area (Å²) in [5.41, 5.74) is 15.2. The smallest absolute Gasteiger partial charge is 0.128 e. The van der Waals surface area contributed by atoms with Crippen LogP contribution in [0.3, 0.4) is 0 Å². The molecule has 2 N–H and O–H groups in total. The van der Waals surface area contributed by atoms with Gasteiger partial charge in [0.1, 0.15) is 17.2 Å². The Morgan fingerprint density at radius 3 is 2.95 bits per heavy atom. The Kier molecular flexibility index (Phi) is 3.64. The molecule has 0 aromatic heterocycles. The van der Waals surface area contributed by atoms with Crippen molar-refractivity contribution in [2.75, 3.05) is 6.54 Å². The number of azide groups is 1. The average molecular weight is 264 g/mol. The second kappa shape index (κ2) is 5.07. The molecule has 1 heterocycles. The Morgan fingerprint density at radius 1 is 1.63 bits per heavy atom. The van der Waals surface area contributed by atoms with Gasteiger partial charge in [0.15, 0.2) is 0 Å². The minimum Gasteiger partial charge on any atom is -0.486 e. The number of nitrogens with two attached hydrogens (primary N) is 1. The molecule has 0 amide bonds. The highest BCUT2D eigenvalue weighted by molar-refractivity contribution is 5.48. The number of hydrogen-bond acceptors (Lipinski definition) is 3. The van der Waals surface area contributed by atoms with E-state index in [9.17, 15) is 4.39 Å². The van der Waals surface area contributed by atoms with Gasteiger partial charge in [0.05, 0.1) is 6.54 Å². The first-order valence-electron chi connectivity index (χ1n) is 6.29. The quantitative estimate of drug-likeness (QED) is 0.514. The van der Waals surface area contributed by atoms with Gasteiger partial charge < -0.3 is 10.5 Å². The second-order valence-electron chi connectivity index (χ2n) is 4.98. The number of ether oxygens (including phenoxy) is 1. The number of halogens is 1. The van der Waals surface area contributed by atoms with Crippen molar-refractivity contribution < 1.29 is 9.13 Å². The van der Waals surface area contributed by atoms with Crippen molar-refractivity contribution >= 4 is 0 Å². The largest absolute Gasteiger partial charge is 0.486 e. The van der Waals surface area contributed by atoms with Crippen LogP contribution in [0.5, 0.6) is 5.75 Å². The Hall–Kier alpha value is -1.78. The fourth-order valence-electron chi connectivity index (χ4n) is 2.42. The van der Waals surface area contributed by atoms with Crippen LogP contribution in [0.1, 0.15) is 37.4 Å². The molecule has 2 atom stereocenters. The van der Waals surface area contributed by atoms with E-state index in [-0.39, 0.29) is 18.4 Å². The molecule has 1 aliphatic heterocycles. The fraction of sp³-hybridized carbons (Fsp3) is 0.538. The Labute approximate surface area is 111 Å². The predicted molar refractivity (Wildman–Crippen MR) is 70.4 cm³/mol. The molecule has 0 saturated heterocycles. The maximum atomic E-state index is 13.6. The van der Waals surface area contributed by atoms with Crippen LogP contribution < -0.4 is 10.5 Å². The molecule has 0 radical (unpaired) electrons. The molecule has 102 valence electrons. The highest BCUT2D eigenvalue weighted by Gasteiger charge is 2.39. The lowest BCUT2D eigenvalue weighted by molar-refractivity contribution is 0.0982. The summed E-state index contributed by atoms with van der Waals surface area (Å²) in [6.45, 7) is 3.98. The van der Waals surface area contributed by atoms with E-state index in [0.29, 0.717) is 24.2 Å². The zero-order valence-corrected chi connectivity index (χ0v) is 11.1. The van der Waals surface area contributed by atoms with Gasteiger partial charge in [-0.1, -0.05) is 12.0 Å². The van der Waals surface area contributed by atoms with Crippen LogP contribution in [0.15, 0.2) is 17.2 Å². The van der Waals surface area contributed by atoms with E-state index in [1.807, 2.05) is 6.92 Å². The molecule has 0 saturated carbocycles. The molecule has 1 aromatic rings. The summed E-state index contributed by atoms with van der Waals surface area (Å²) in [4.78, 5) is 2.78. The first kappa shape index (κ1) is 13.6. The number of nitrogens with zero attached hydrogens (tertiary/aromatic N) is 3. The highest BCUT2D eigenvalue weighted by Crippen LogP contribution is 2.42. The van der Waals surface area contributed by atoms with Crippen LogP contribution >= 0.6 is 0 Å². The van der Waals surface area contributed by atoms with Gasteiger partial charge in [-0.15, -0.1) is 0 Å². The van der Waals surface area contributed by atoms with Crippen molar-refractivity contribution in [3.63, 3.8) is 0 Å². The predicted octanol–water partition coefficient (Wildman–Crippen LogP) is 3.24. The van der Waals surface area contributed by atoms with Crippen LogP contribution in [0.2, 0.25) is 0 Å². The minimum absolute atomic E-state index is 0.231. The van der Waals surface area contributed by atoms with Gasteiger partial charge in [0, 0.05) is 28.5 Å². The van der Waals surface area contributed by atoms with Crippen LogP contribution in [0, 0.1) is 5.82 Å². The van der Waals surface area contributed by atoms with Gasteiger partial charge in [0.2, 0.25) is 0 Å². The SMILES string of the molecule is CCC1(CN=[N+]=[N-])Cc2cc(F)cc([C@@H](C)N)c2O1. The standard InChI is InChI=1S/C13H17FN4O/c1-3-13(7-17-18-16)6-9-4-10(14)5-11(8(2)15)12(9)19-13/h4-5,8H,3,6-7,15H2,1-2H3/t8-,13?/m1/s1. The summed E-state index contributed by atoms with van der Waals surface area (Å²) < 4.78 is 19.6. The monoisotopic (exact) mass is 264 g/mol. The Bertz CT molecular complexity index is 540. The van der Waals surface area contributed by atoms with E-state index >= 15 is 0 Å². The second-order valence-corrected chi connectivity index (χ2v) is 4.98. The molecule has 1 aliphatic rings. The first-order chi connectivity index (χ1) is 9.01. The van der Waals surface area contributed by atoms with Crippen molar-refractivity contribution in [3.8, 4) is 5.75 Å². The third kappa shape index (κ3) is 2.50. The topological polar surface area (TPSA) is 84.0 Å². The van der Waals surface area contributed by atoms with E-state index in [2.05, 4.69) is 10.0 Å². The van der Waals surface area contributed by atoms with E-state index in [0.717, 1.165) is 5.56 Å². The summed E-state index contributed by atoms with van der Waals surface area (Å²) in [5.74, 6) is 0.330. The molecule has 0 spiro atoms. The molecular formula is C13H17FN4O. The third-order valence-electron chi connectivity index (χ3n) is 3.55. The maximum absolute atomic E-state index is 13.6. The number of fused-ring (bicyclic) bond motifs is 1.